The first kappa shape index (κ1) is 19.4. The zero-order valence-corrected chi connectivity index (χ0v) is 17.3. The fraction of sp³-hybridized carbons (Fsp3) is 0.435. The third-order valence-corrected chi connectivity index (χ3v) is 5.81. The summed E-state index contributed by atoms with van der Waals surface area (Å²) in [5, 5.41) is 3.48. The molecular formula is C23H29N5O. The Kier molecular flexibility index (Phi) is 5.79. The molecule has 1 aliphatic heterocycles. The van der Waals surface area contributed by atoms with Crippen LogP contribution < -0.4 is 5.32 Å². The summed E-state index contributed by atoms with van der Waals surface area (Å²) in [6, 6.07) is 8.75. The first-order chi connectivity index (χ1) is 14.2. The molecule has 2 aromatic heterocycles. The molecular weight excluding hydrogens is 362 g/mol. The Hall–Kier alpha value is -2.89. The van der Waals surface area contributed by atoms with E-state index in [1.54, 1.807) is 12.4 Å². The molecule has 0 aliphatic carbocycles. The summed E-state index contributed by atoms with van der Waals surface area (Å²) in [5.41, 5.74) is 3.94. The lowest BCUT2D eigenvalue weighted by Gasteiger charge is -2.35. The van der Waals surface area contributed by atoms with Gasteiger partial charge in [0.25, 0.3) is 0 Å². The van der Waals surface area contributed by atoms with E-state index in [4.69, 9.17) is 4.98 Å². The zero-order chi connectivity index (χ0) is 20.2. The molecule has 0 spiro atoms. The molecule has 1 aromatic carbocycles. The fourth-order valence-corrected chi connectivity index (χ4v) is 4.17. The van der Waals surface area contributed by atoms with Crippen molar-refractivity contribution in [3.8, 4) is 11.3 Å². The van der Waals surface area contributed by atoms with Gasteiger partial charge in [-0.25, -0.2) is 4.98 Å². The lowest BCUT2D eigenvalue weighted by atomic mass is 9.99. The summed E-state index contributed by atoms with van der Waals surface area (Å²) in [5.74, 6) is 1.15. The number of aryl methyl sites for hydroxylation is 1. The third-order valence-electron chi connectivity index (χ3n) is 5.81. The van der Waals surface area contributed by atoms with E-state index in [9.17, 15) is 4.79 Å². The van der Waals surface area contributed by atoms with Crippen LogP contribution in [0, 0.1) is 6.92 Å². The van der Waals surface area contributed by atoms with Crippen molar-refractivity contribution in [3.63, 3.8) is 0 Å². The molecule has 0 radical (unpaired) electrons. The van der Waals surface area contributed by atoms with Crippen molar-refractivity contribution in [1.82, 2.24) is 19.3 Å². The van der Waals surface area contributed by atoms with Gasteiger partial charge in [0.2, 0.25) is 5.91 Å². The van der Waals surface area contributed by atoms with Gasteiger partial charge in [0.15, 0.2) is 5.65 Å². The number of benzene rings is 1. The Morgan fingerprint density at radius 2 is 2.07 bits per heavy atom. The van der Waals surface area contributed by atoms with E-state index in [1.807, 2.05) is 10.6 Å². The average molecular weight is 392 g/mol. The maximum atomic E-state index is 12.8. The van der Waals surface area contributed by atoms with Gasteiger partial charge in [-0.15, -0.1) is 0 Å². The van der Waals surface area contributed by atoms with Gasteiger partial charge in [-0.2, -0.15) is 0 Å². The lowest BCUT2D eigenvalue weighted by molar-refractivity contribution is -0.134. The number of anilines is 1. The maximum Gasteiger partial charge on any atom is 0.224 e. The van der Waals surface area contributed by atoms with Gasteiger partial charge < -0.3 is 10.2 Å². The number of fused-ring (bicyclic) bond motifs is 1. The number of hydrogen-bond acceptors (Lipinski definition) is 4. The van der Waals surface area contributed by atoms with Crippen LogP contribution in [0.1, 0.15) is 44.6 Å². The number of piperidine rings is 1. The number of imidazole rings is 1. The highest BCUT2D eigenvalue weighted by atomic mass is 16.2. The number of carbonyl (C=O) groups excluding carboxylic acids is 1. The molecule has 0 saturated carbocycles. The van der Waals surface area contributed by atoms with Crippen molar-refractivity contribution >= 4 is 17.4 Å². The fourth-order valence-electron chi connectivity index (χ4n) is 4.17. The molecule has 4 rings (SSSR count). The Balaban J connectivity index is 1.52. The van der Waals surface area contributed by atoms with Crippen molar-refractivity contribution in [2.45, 2.75) is 52.0 Å². The van der Waals surface area contributed by atoms with Gasteiger partial charge in [0.05, 0.1) is 6.20 Å². The predicted molar refractivity (Wildman–Crippen MR) is 116 cm³/mol. The summed E-state index contributed by atoms with van der Waals surface area (Å²) in [6.45, 7) is 5.73. The minimum absolute atomic E-state index is 0.247. The minimum atomic E-state index is 0.247. The maximum absolute atomic E-state index is 12.8. The Labute approximate surface area is 172 Å². The van der Waals surface area contributed by atoms with E-state index in [2.05, 4.69) is 53.3 Å². The van der Waals surface area contributed by atoms with E-state index in [-0.39, 0.29) is 5.91 Å². The van der Waals surface area contributed by atoms with Crippen LogP contribution >= 0.6 is 0 Å². The van der Waals surface area contributed by atoms with Crippen molar-refractivity contribution in [2.75, 3.05) is 18.4 Å². The molecule has 1 aliphatic rings. The molecule has 1 unspecified atom stereocenters. The molecule has 1 N–H and O–H groups in total. The second-order valence-corrected chi connectivity index (χ2v) is 7.80. The first-order valence-corrected chi connectivity index (χ1v) is 10.6. The quantitative estimate of drug-likeness (QED) is 0.681. The van der Waals surface area contributed by atoms with Gasteiger partial charge in [-0.05, 0) is 32.6 Å². The van der Waals surface area contributed by atoms with Crippen molar-refractivity contribution < 1.29 is 4.79 Å². The third kappa shape index (κ3) is 4.11. The van der Waals surface area contributed by atoms with Gasteiger partial charge in [-0.3, -0.25) is 14.2 Å². The largest absolute Gasteiger partial charge is 0.369 e. The highest BCUT2D eigenvalue weighted by Crippen LogP contribution is 2.29. The zero-order valence-electron chi connectivity index (χ0n) is 17.3. The van der Waals surface area contributed by atoms with Crippen LogP contribution in [0.2, 0.25) is 0 Å². The summed E-state index contributed by atoms with van der Waals surface area (Å²) < 4.78 is 2.00. The van der Waals surface area contributed by atoms with Crippen LogP contribution in [0.3, 0.4) is 0 Å². The standard InChI is InChI=1S/C23H29N5O/c1-3-19-6-4-5-14-27(19)21(29)11-12-25-23-22(18-9-7-17(2)8-10-18)26-20-16-24-13-15-28(20)23/h7-10,13,15-16,19,25H,3-6,11-12,14H2,1-2H3. The Morgan fingerprint density at radius 1 is 1.24 bits per heavy atom. The molecule has 1 atom stereocenters. The predicted octanol–water partition coefficient (Wildman–Crippen LogP) is 4.30. The lowest BCUT2D eigenvalue weighted by Crippen LogP contribution is -2.43. The van der Waals surface area contributed by atoms with E-state index in [0.29, 0.717) is 19.0 Å². The van der Waals surface area contributed by atoms with E-state index < -0.39 is 0 Å². The highest BCUT2D eigenvalue weighted by Gasteiger charge is 2.25. The number of carbonyl (C=O) groups is 1. The second-order valence-electron chi connectivity index (χ2n) is 7.80. The van der Waals surface area contributed by atoms with Crippen molar-refractivity contribution in [1.29, 1.82) is 0 Å². The SMILES string of the molecule is CCC1CCCCN1C(=O)CCNc1c(-c2ccc(C)cc2)nc2cnccn12. The first-order valence-electron chi connectivity index (χ1n) is 10.6. The number of rotatable bonds is 6. The molecule has 0 bridgehead atoms. The normalized spacial score (nSPS) is 16.9. The minimum Gasteiger partial charge on any atom is -0.369 e. The van der Waals surface area contributed by atoms with Crippen LogP contribution in [-0.4, -0.2) is 44.3 Å². The van der Waals surface area contributed by atoms with E-state index in [1.165, 1.54) is 12.0 Å². The highest BCUT2D eigenvalue weighted by molar-refractivity contribution is 5.79. The molecule has 6 heteroatoms. The van der Waals surface area contributed by atoms with E-state index >= 15 is 0 Å². The summed E-state index contributed by atoms with van der Waals surface area (Å²) in [4.78, 5) is 23.9. The molecule has 3 heterocycles. The molecule has 152 valence electrons. The van der Waals surface area contributed by atoms with Crippen LogP contribution in [0.4, 0.5) is 5.82 Å². The van der Waals surface area contributed by atoms with Gasteiger partial charge >= 0.3 is 0 Å². The topological polar surface area (TPSA) is 62.5 Å². The number of nitrogens with one attached hydrogen (secondary N) is 1. The molecule has 29 heavy (non-hydrogen) atoms. The molecule has 1 amide bonds. The number of aromatic nitrogens is 3. The smallest absolute Gasteiger partial charge is 0.224 e. The van der Waals surface area contributed by atoms with Crippen molar-refractivity contribution in [3.05, 3.63) is 48.4 Å². The van der Waals surface area contributed by atoms with Crippen LogP contribution in [0.25, 0.3) is 16.9 Å². The van der Waals surface area contributed by atoms with Crippen LogP contribution in [-0.2, 0) is 4.79 Å². The number of amides is 1. The monoisotopic (exact) mass is 391 g/mol. The molecule has 1 saturated heterocycles. The van der Waals surface area contributed by atoms with E-state index in [0.717, 1.165) is 48.5 Å². The van der Waals surface area contributed by atoms with Crippen LogP contribution in [0.5, 0.6) is 0 Å². The molecule has 3 aromatic rings. The molecule has 1 fully saturated rings. The summed E-state index contributed by atoms with van der Waals surface area (Å²) >= 11 is 0. The Bertz CT molecular complexity index is 979. The van der Waals surface area contributed by atoms with Gasteiger partial charge in [0, 0.05) is 43.5 Å². The Morgan fingerprint density at radius 3 is 2.86 bits per heavy atom. The summed E-state index contributed by atoms with van der Waals surface area (Å²) in [7, 11) is 0. The van der Waals surface area contributed by atoms with Crippen molar-refractivity contribution in [2.24, 2.45) is 0 Å². The second kappa shape index (κ2) is 8.64. The summed E-state index contributed by atoms with van der Waals surface area (Å²) in [6.07, 6.45) is 10.4. The number of nitrogens with zero attached hydrogens (tertiary/aromatic N) is 4. The van der Waals surface area contributed by atoms with Crippen LogP contribution in [0.15, 0.2) is 42.9 Å². The number of likely N-dealkylation sites (tertiary alicyclic amines) is 1. The average Bonchev–Trinajstić information content (AvgIpc) is 3.13. The molecule has 6 nitrogen and oxygen atoms in total. The van der Waals surface area contributed by atoms with Gasteiger partial charge in [-0.1, -0.05) is 36.8 Å². The van der Waals surface area contributed by atoms with Gasteiger partial charge in [0.1, 0.15) is 11.5 Å². The number of hydrogen-bond donors (Lipinski definition) is 1.